The molecule has 2 rings (SSSR count). The van der Waals surface area contributed by atoms with Gasteiger partial charge in [0.25, 0.3) is 0 Å². The van der Waals surface area contributed by atoms with Crippen molar-refractivity contribution in [2.75, 3.05) is 5.43 Å². The third-order valence-electron chi connectivity index (χ3n) is 2.47. The van der Waals surface area contributed by atoms with Gasteiger partial charge in [-0.25, -0.2) is 4.98 Å². The summed E-state index contributed by atoms with van der Waals surface area (Å²) in [7, 11) is 1.89. The van der Waals surface area contributed by atoms with Crippen molar-refractivity contribution in [1.82, 2.24) is 19.4 Å². The van der Waals surface area contributed by atoms with E-state index < -0.39 is 0 Å². The van der Waals surface area contributed by atoms with Crippen molar-refractivity contribution in [3.63, 3.8) is 0 Å². The van der Waals surface area contributed by atoms with Gasteiger partial charge in [-0.2, -0.15) is 5.10 Å². The molecule has 1 N–H and O–H groups in total. The van der Waals surface area contributed by atoms with Gasteiger partial charge in [-0.1, -0.05) is 0 Å². The smallest absolute Gasteiger partial charge is 0.147 e. The van der Waals surface area contributed by atoms with Gasteiger partial charge in [-0.3, -0.25) is 9.36 Å². The molecule has 2 aromatic heterocycles. The molecule has 5 nitrogen and oxygen atoms in total. The maximum absolute atomic E-state index is 4.15. The van der Waals surface area contributed by atoms with Gasteiger partial charge in [-0.05, 0) is 26.0 Å². The van der Waals surface area contributed by atoms with Gasteiger partial charge >= 0.3 is 0 Å². The Labute approximate surface area is 88.7 Å². The summed E-state index contributed by atoms with van der Waals surface area (Å²) in [5, 5.41) is 4.02. The number of nitrogens with one attached hydrogen (secondary N) is 1. The molecule has 0 saturated heterocycles. The number of hydrogen-bond acceptors (Lipinski definition) is 3. The van der Waals surface area contributed by atoms with Crippen molar-refractivity contribution in [1.29, 1.82) is 0 Å². The lowest BCUT2D eigenvalue weighted by atomic mass is 10.5. The van der Waals surface area contributed by atoms with Crippen LogP contribution < -0.4 is 5.43 Å². The predicted octanol–water partition coefficient (Wildman–Crippen LogP) is 0.977. The monoisotopic (exact) mass is 205 g/mol. The van der Waals surface area contributed by atoms with E-state index in [4.69, 9.17) is 0 Å². The molecular weight excluding hydrogens is 190 g/mol. The maximum Gasteiger partial charge on any atom is 0.147 e. The molecule has 0 amide bonds. The molecule has 0 aliphatic heterocycles. The average Bonchev–Trinajstić information content (AvgIpc) is 2.73. The zero-order chi connectivity index (χ0) is 10.8. The molecule has 2 aromatic rings. The lowest BCUT2D eigenvalue weighted by Crippen LogP contribution is -2.19. The summed E-state index contributed by atoms with van der Waals surface area (Å²) < 4.78 is 3.82. The molecule has 0 atom stereocenters. The summed E-state index contributed by atoms with van der Waals surface area (Å²) in [5.74, 6) is 0.919. The van der Waals surface area contributed by atoms with E-state index in [1.165, 1.54) is 11.4 Å². The van der Waals surface area contributed by atoms with Crippen LogP contribution in [0.3, 0.4) is 0 Å². The fourth-order valence-corrected chi connectivity index (χ4v) is 1.55. The number of aryl methyl sites for hydroxylation is 3. The molecular formula is C10H15N5. The number of hydrogen-bond donors (Lipinski definition) is 1. The summed E-state index contributed by atoms with van der Waals surface area (Å²) >= 11 is 0. The molecule has 0 saturated carbocycles. The molecule has 0 fully saturated rings. The second-order valence-electron chi connectivity index (χ2n) is 3.59. The first-order valence-corrected chi connectivity index (χ1v) is 4.90. The first-order chi connectivity index (χ1) is 7.18. The predicted molar refractivity (Wildman–Crippen MR) is 58.0 cm³/mol. The molecule has 5 heteroatoms. The van der Waals surface area contributed by atoms with Crippen molar-refractivity contribution in [2.45, 2.75) is 20.4 Å². The molecule has 0 unspecified atom stereocenters. The van der Waals surface area contributed by atoms with Gasteiger partial charge in [0.05, 0.1) is 6.54 Å². The van der Waals surface area contributed by atoms with Crippen LogP contribution in [0, 0.1) is 13.8 Å². The largest absolute Gasteiger partial charge is 0.318 e. The molecule has 0 aliphatic carbocycles. The summed E-state index contributed by atoms with van der Waals surface area (Å²) in [6.07, 6.45) is 1.56. The van der Waals surface area contributed by atoms with E-state index >= 15 is 0 Å². The molecule has 15 heavy (non-hydrogen) atoms. The van der Waals surface area contributed by atoms with Crippen molar-refractivity contribution >= 4 is 0 Å². The van der Waals surface area contributed by atoms with E-state index in [1.807, 2.05) is 7.05 Å². The van der Waals surface area contributed by atoms with Gasteiger partial charge in [-0.15, -0.1) is 0 Å². The average molecular weight is 205 g/mol. The zero-order valence-electron chi connectivity index (χ0n) is 9.23. The highest BCUT2D eigenvalue weighted by Gasteiger charge is 2.02. The maximum atomic E-state index is 4.15. The van der Waals surface area contributed by atoms with Crippen LogP contribution in [0.1, 0.15) is 17.2 Å². The minimum absolute atomic E-state index is 0.673. The van der Waals surface area contributed by atoms with E-state index in [0.29, 0.717) is 6.54 Å². The number of nitrogens with zero attached hydrogens (tertiary/aromatic N) is 4. The second-order valence-corrected chi connectivity index (χ2v) is 3.59. The molecule has 2 heterocycles. The highest BCUT2D eigenvalue weighted by atomic mass is 15.4. The Morgan fingerprint density at radius 2 is 1.93 bits per heavy atom. The normalized spacial score (nSPS) is 10.6. The summed E-state index contributed by atoms with van der Waals surface area (Å²) in [6.45, 7) is 4.81. The molecule has 0 spiro atoms. The quantitative estimate of drug-likeness (QED) is 0.812. The standard InChI is InChI=1S/C10H15N5/c1-8-4-5-9(2)15(8)12-6-10-11-7-13-14(10)3/h4-5,7,12H,6H2,1-3H3. The van der Waals surface area contributed by atoms with E-state index in [-0.39, 0.29) is 0 Å². The van der Waals surface area contributed by atoms with Crippen LogP contribution in [-0.4, -0.2) is 19.4 Å². The van der Waals surface area contributed by atoms with Gasteiger partial charge < -0.3 is 5.43 Å². The van der Waals surface area contributed by atoms with E-state index in [1.54, 1.807) is 11.0 Å². The van der Waals surface area contributed by atoms with Gasteiger partial charge in [0.2, 0.25) is 0 Å². The Balaban J connectivity index is 2.08. The van der Waals surface area contributed by atoms with Crippen molar-refractivity contribution in [3.8, 4) is 0 Å². The van der Waals surface area contributed by atoms with Gasteiger partial charge in [0.15, 0.2) is 0 Å². The molecule has 0 bridgehead atoms. The molecule has 0 aliphatic rings. The van der Waals surface area contributed by atoms with E-state index in [2.05, 4.69) is 46.2 Å². The van der Waals surface area contributed by atoms with Crippen molar-refractivity contribution in [2.24, 2.45) is 7.05 Å². The molecule has 0 aromatic carbocycles. The van der Waals surface area contributed by atoms with Crippen LogP contribution in [0.2, 0.25) is 0 Å². The number of rotatable bonds is 3. The molecule has 0 radical (unpaired) electrons. The highest BCUT2D eigenvalue weighted by Crippen LogP contribution is 2.04. The topological polar surface area (TPSA) is 47.7 Å². The van der Waals surface area contributed by atoms with Crippen LogP contribution in [-0.2, 0) is 13.6 Å². The van der Waals surface area contributed by atoms with Crippen molar-refractivity contribution < 1.29 is 0 Å². The first-order valence-electron chi connectivity index (χ1n) is 4.90. The van der Waals surface area contributed by atoms with Gasteiger partial charge in [0, 0.05) is 18.4 Å². The Kier molecular flexibility index (Phi) is 2.45. The second kappa shape index (κ2) is 3.76. The zero-order valence-corrected chi connectivity index (χ0v) is 9.23. The molecule has 80 valence electrons. The number of aromatic nitrogens is 4. The third kappa shape index (κ3) is 1.86. The fourth-order valence-electron chi connectivity index (χ4n) is 1.55. The minimum atomic E-state index is 0.673. The Bertz CT molecular complexity index is 435. The fraction of sp³-hybridized carbons (Fsp3) is 0.400. The van der Waals surface area contributed by atoms with Gasteiger partial charge in [0.1, 0.15) is 12.2 Å². The van der Waals surface area contributed by atoms with Crippen LogP contribution in [0.25, 0.3) is 0 Å². The Hall–Kier alpha value is -1.78. The van der Waals surface area contributed by atoms with Crippen molar-refractivity contribution in [3.05, 3.63) is 35.7 Å². The van der Waals surface area contributed by atoms with Crippen LogP contribution in [0.5, 0.6) is 0 Å². The summed E-state index contributed by atoms with van der Waals surface area (Å²) in [5.41, 5.74) is 5.68. The van der Waals surface area contributed by atoms with Crippen LogP contribution in [0.15, 0.2) is 18.5 Å². The minimum Gasteiger partial charge on any atom is -0.318 e. The SMILES string of the molecule is Cc1ccc(C)n1NCc1ncnn1C. The summed E-state index contributed by atoms with van der Waals surface area (Å²) in [6, 6.07) is 4.16. The third-order valence-corrected chi connectivity index (χ3v) is 2.47. The first kappa shape index (κ1) is 9.76. The highest BCUT2D eigenvalue weighted by molar-refractivity contribution is 5.15. The Morgan fingerprint density at radius 1 is 1.27 bits per heavy atom. The summed E-state index contributed by atoms with van der Waals surface area (Å²) in [4.78, 5) is 4.15. The van der Waals surface area contributed by atoms with Crippen LogP contribution >= 0.6 is 0 Å². The van der Waals surface area contributed by atoms with E-state index in [9.17, 15) is 0 Å². The lowest BCUT2D eigenvalue weighted by molar-refractivity contribution is 0.680. The Morgan fingerprint density at radius 3 is 2.47 bits per heavy atom. The lowest BCUT2D eigenvalue weighted by Gasteiger charge is -2.11. The van der Waals surface area contributed by atoms with Crippen LogP contribution in [0.4, 0.5) is 0 Å². The van der Waals surface area contributed by atoms with E-state index in [0.717, 1.165) is 5.82 Å².